The summed E-state index contributed by atoms with van der Waals surface area (Å²) in [6, 6.07) is 5.98. The van der Waals surface area contributed by atoms with Gasteiger partial charge < -0.3 is 10.3 Å². The first kappa shape index (κ1) is 9.71. The summed E-state index contributed by atoms with van der Waals surface area (Å²) in [6.07, 6.45) is 3.20. The van der Waals surface area contributed by atoms with Crippen LogP contribution in [0.25, 0.3) is 11.2 Å². The van der Waals surface area contributed by atoms with Crippen LogP contribution in [0.4, 0.5) is 16.0 Å². The number of fused-ring (bicyclic) bond motifs is 1. The lowest BCUT2D eigenvalue weighted by Gasteiger charge is -2.03. The summed E-state index contributed by atoms with van der Waals surface area (Å²) >= 11 is 0. The molecule has 0 bridgehead atoms. The van der Waals surface area contributed by atoms with Crippen molar-refractivity contribution in [1.29, 1.82) is 0 Å². The minimum absolute atomic E-state index is 0.278. The smallest absolute Gasteiger partial charge is 0.229 e. The molecule has 84 valence electrons. The highest BCUT2D eigenvalue weighted by molar-refractivity contribution is 5.70. The molecule has 6 heteroatoms. The molecule has 2 N–H and O–H groups in total. The van der Waals surface area contributed by atoms with Gasteiger partial charge in [0.1, 0.15) is 11.3 Å². The van der Waals surface area contributed by atoms with Crippen LogP contribution in [0.1, 0.15) is 0 Å². The zero-order chi connectivity index (χ0) is 11.7. The van der Waals surface area contributed by atoms with Crippen LogP contribution in [0.2, 0.25) is 0 Å². The summed E-state index contributed by atoms with van der Waals surface area (Å²) in [7, 11) is 0. The van der Waals surface area contributed by atoms with E-state index in [2.05, 4.69) is 25.3 Å². The molecule has 2 aromatic heterocycles. The van der Waals surface area contributed by atoms with Crippen LogP contribution in [0.15, 0.2) is 36.8 Å². The maximum atomic E-state index is 12.7. The summed E-state index contributed by atoms with van der Waals surface area (Å²) in [6.45, 7) is 0. The van der Waals surface area contributed by atoms with Crippen molar-refractivity contribution in [1.82, 2.24) is 19.9 Å². The zero-order valence-corrected chi connectivity index (χ0v) is 8.68. The van der Waals surface area contributed by atoms with Crippen molar-refractivity contribution in [3.8, 4) is 0 Å². The summed E-state index contributed by atoms with van der Waals surface area (Å²) in [5.41, 5.74) is 2.08. The Kier molecular flexibility index (Phi) is 2.18. The number of hydrogen-bond acceptors (Lipinski definition) is 4. The van der Waals surface area contributed by atoms with Gasteiger partial charge in [0, 0.05) is 5.69 Å². The number of aromatic nitrogens is 4. The average Bonchev–Trinajstić information content (AvgIpc) is 2.79. The lowest BCUT2D eigenvalue weighted by Crippen LogP contribution is -1.96. The standard InChI is InChI=1S/C11H8FN5/c12-7-1-3-8(4-2-7)16-11-13-5-9-10(17-11)15-6-14-9/h1-6H,(H2,13,14,15,16,17). The Bertz CT molecular complexity index is 646. The minimum atomic E-state index is -0.278. The minimum Gasteiger partial charge on any atom is -0.342 e. The van der Waals surface area contributed by atoms with Crippen molar-refractivity contribution in [2.45, 2.75) is 0 Å². The molecule has 0 atom stereocenters. The number of hydrogen-bond donors (Lipinski definition) is 2. The lowest BCUT2D eigenvalue weighted by molar-refractivity contribution is 0.628. The van der Waals surface area contributed by atoms with Crippen molar-refractivity contribution in [2.75, 3.05) is 5.32 Å². The van der Waals surface area contributed by atoms with E-state index in [1.807, 2.05) is 0 Å². The van der Waals surface area contributed by atoms with Gasteiger partial charge in [0.25, 0.3) is 0 Å². The van der Waals surface area contributed by atoms with Gasteiger partial charge in [-0.05, 0) is 24.3 Å². The van der Waals surface area contributed by atoms with E-state index < -0.39 is 0 Å². The molecule has 3 rings (SSSR count). The largest absolute Gasteiger partial charge is 0.342 e. The number of rotatable bonds is 2. The van der Waals surface area contributed by atoms with Crippen LogP contribution in [0.3, 0.4) is 0 Å². The Morgan fingerprint density at radius 1 is 1.12 bits per heavy atom. The maximum absolute atomic E-state index is 12.7. The molecule has 0 unspecified atom stereocenters. The first-order valence-electron chi connectivity index (χ1n) is 5.00. The Hall–Kier alpha value is -2.50. The van der Waals surface area contributed by atoms with Crippen LogP contribution in [-0.2, 0) is 0 Å². The first-order chi connectivity index (χ1) is 8.31. The molecular formula is C11H8FN5. The fraction of sp³-hybridized carbons (Fsp3) is 0. The molecular weight excluding hydrogens is 221 g/mol. The van der Waals surface area contributed by atoms with E-state index >= 15 is 0 Å². The topological polar surface area (TPSA) is 66.5 Å². The Morgan fingerprint density at radius 3 is 2.76 bits per heavy atom. The predicted octanol–water partition coefficient (Wildman–Crippen LogP) is 2.24. The van der Waals surface area contributed by atoms with Gasteiger partial charge in [0.15, 0.2) is 5.65 Å². The van der Waals surface area contributed by atoms with Crippen molar-refractivity contribution in [2.24, 2.45) is 0 Å². The van der Waals surface area contributed by atoms with E-state index in [1.165, 1.54) is 12.1 Å². The van der Waals surface area contributed by atoms with Crippen molar-refractivity contribution >= 4 is 22.8 Å². The van der Waals surface area contributed by atoms with E-state index in [0.29, 0.717) is 11.6 Å². The molecule has 17 heavy (non-hydrogen) atoms. The predicted molar refractivity (Wildman–Crippen MR) is 61.4 cm³/mol. The Morgan fingerprint density at radius 2 is 1.94 bits per heavy atom. The molecule has 0 aliphatic heterocycles. The number of halogens is 1. The van der Waals surface area contributed by atoms with Gasteiger partial charge in [-0.2, -0.15) is 4.98 Å². The third-order valence-electron chi connectivity index (χ3n) is 2.28. The van der Waals surface area contributed by atoms with Gasteiger partial charge in [-0.3, -0.25) is 0 Å². The Balaban J connectivity index is 1.91. The molecule has 0 fully saturated rings. The maximum Gasteiger partial charge on any atom is 0.229 e. The molecule has 0 saturated heterocycles. The number of nitrogens with zero attached hydrogens (tertiary/aromatic N) is 3. The normalized spacial score (nSPS) is 10.6. The third-order valence-corrected chi connectivity index (χ3v) is 2.28. The van der Waals surface area contributed by atoms with Crippen LogP contribution < -0.4 is 5.32 Å². The van der Waals surface area contributed by atoms with E-state index in [-0.39, 0.29) is 5.82 Å². The van der Waals surface area contributed by atoms with Gasteiger partial charge >= 0.3 is 0 Å². The highest BCUT2D eigenvalue weighted by Gasteiger charge is 2.02. The van der Waals surface area contributed by atoms with Crippen LogP contribution in [0, 0.1) is 5.82 Å². The highest BCUT2D eigenvalue weighted by atomic mass is 19.1. The van der Waals surface area contributed by atoms with Crippen molar-refractivity contribution in [3.63, 3.8) is 0 Å². The van der Waals surface area contributed by atoms with Gasteiger partial charge in [-0.1, -0.05) is 0 Å². The quantitative estimate of drug-likeness (QED) is 0.707. The lowest BCUT2D eigenvalue weighted by atomic mass is 10.3. The monoisotopic (exact) mass is 229 g/mol. The molecule has 1 aromatic carbocycles. The van der Waals surface area contributed by atoms with E-state index in [1.54, 1.807) is 24.7 Å². The highest BCUT2D eigenvalue weighted by Crippen LogP contribution is 2.14. The van der Waals surface area contributed by atoms with Crippen molar-refractivity contribution in [3.05, 3.63) is 42.6 Å². The fourth-order valence-corrected chi connectivity index (χ4v) is 1.46. The summed E-state index contributed by atoms with van der Waals surface area (Å²) < 4.78 is 12.7. The number of aromatic amines is 1. The van der Waals surface area contributed by atoms with Gasteiger partial charge in [-0.25, -0.2) is 14.4 Å². The number of anilines is 2. The molecule has 0 spiro atoms. The molecule has 0 saturated carbocycles. The fourth-order valence-electron chi connectivity index (χ4n) is 1.46. The Labute approximate surface area is 95.8 Å². The number of benzene rings is 1. The second-order valence-corrected chi connectivity index (χ2v) is 3.47. The molecule has 2 heterocycles. The molecule has 3 aromatic rings. The van der Waals surface area contributed by atoms with Gasteiger partial charge in [0.05, 0.1) is 12.5 Å². The first-order valence-corrected chi connectivity index (χ1v) is 5.00. The van der Waals surface area contributed by atoms with Crippen LogP contribution >= 0.6 is 0 Å². The molecule has 0 aliphatic rings. The molecule has 0 aliphatic carbocycles. The number of H-pyrrole nitrogens is 1. The summed E-state index contributed by atoms with van der Waals surface area (Å²) in [4.78, 5) is 15.2. The number of imidazole rings is 1. The van der Waals surface area contributed by atoms with Crippen LogP contribution in [-0.4, -0.2) is 19.9 Å². The van der Waals surface area contributed by atoms with Crippen LogP contribution in [0.5, 0.6) is 0 Å². The van der Waals surface area contributed by atoms with Gasteiger partial charge in [-0.15, -0.1) is 0 Å². The van der Waals surface area contributed by atoms with Gasteiger partial charge in [0.2, 0.25) is 5.95 Å². The van der Waals surface area contributed by atoms with E-state index in [9.17, 15) is 4.39 Å². The zero-order valence-electron chi connectivity index (χ0n) is 8.68. The third kappa shape index (κ3) is 1.92. The second kappa shape index (κ2) is 3.82. The van der Waals surface area contributed by atoms with E-state index in [0.717, 1.165) is 11.2 Å². The molecule has 5 nitrogen and oxygen atoms in total. The number of nitrogens with one attached hydrogen (secondary N) is 2. The molecule has 0 amide bonds. The summed E-state index contributed by atoms with van der Waals surface area (Å²) in [5.74, 6) is 0.149. The second-order valence-electron chi connectivity index (χ2n) is 3.47. The van der Waals surface area contributed by atoms with E-state index in [4.69, 9.17) is 0 Å². The molecule has 0 radical (unpaired) electrons. The summed E-state index contributed by atoms with van der Waals surface area (Å²) in [5, 5.41) is 2.97. The van der Waals surface area contributed by atoms with Crippen molar-refractivity contribution < 1.29 is 4.39 Å². The SMILES string of the molecule is Fc1ccc(Nc2ncc3[nH]cnc3n2)cc1. The average molecular weight is 229 g/mol.